The molecule has 1 aliphatic rings. The fourth-order valence-electron chi connectivity index (χ4n) is 2.60. The number of aromatic nitrogens is 1. The third-order valence-electron chi connectivity index (χ3n) is 3.74. The Balaban J connectivity index is 2.24. The first-order valence-corrected chi connectivity index (χ1v) is 6.11. The van der Waals surface area contributed by atoms with E-state index in [0.717, 1.165) is 31.4 Å². The van der Waals surface area contributed by atoms with Crippen molar-refractivity contribution >= 4 is 12.6 Å². The zero-order valence-corrected chi connectivity index (χ0v) is 9.84. The van der Waals surface area contributed by atoms with Gasteiger partial charge in [0.25, 0.3) is 0 Å². The highest BCUT2D eigenvalue weighted by Gasteiger charge is 2.34. The summed E-state index contributed by atoms with van der Waals surface area (Å²) in [5, 5.41) is 27.7. The van der Waals surface area contributed by atoms with Gasteiger partial charge in [-0.2, -0.15) is 0 Å². The highest BCUT2D eigenvalue weighted by atomic mass is 16.4. The summed E-state index contributed by atoms with van der Waals surface area (Å²) in [6, 6.07) is 3.47. The van der Waals surface area contributed by atoms with Gasteiger partial charge in [0.1, 0.15) is 0 Å². The topological polar surface area (TPSA) is 73.6 Å². The summed E-state index contributed by atoms with van der Waals surface area (Å²) in [5.41, 5.74) is 1.03. The lowest BCUT2D eigenvalue weighted by Crippen LogP contribution is -2.36. The Morgan fingerprint density at radius 3 is 2.35 bits per heavy atom. The van der Waals surface area contributed by atoms with E-state index < -0.39 is 7.12 Å². The Labute approximate surface area is 101 Å². The summed E-state index contributed by atoms with van der Waals surface area (Å²) in [4.78, 5) is 4.29. The Morgan fingerprint density at radius 2 is 1.88 bits per heavy atom. The Kier molecular flexibility index (Phi) is 3.81. The Morgan fingerprint density at radius 1 is 1.18 bits per heavy atom. The second-order valence-electron chi connectivity index (χ2n) is 4.85. The third-order valence-corrected chi connectivity index (χ3v) is 3.74. The van der Waals surface area contributed by atoms with E-state index in [9.17, 15) is 5.11 Å². The highest BCUT2D eigenvalue weighted by Crippen LogP contribution is 2.37. The number of hydrogen-bond donors (Lipinski definition) is 3. The van der Waals surface area contributed by atoms with Crippen LogP contribution in [0.25, 0.3) is 0 Å². The number of aliphatic hydroxyl groups is 1. The lowest BCUT2D eigenvalue weighted by molar-refractivity contribution is 0.148. The zero-order valence-electron chi connectivity index (χ0n) is 9.84. The van der Waals surface area contributed by atoms with Crippen molar-refractivity contribution in [2.75, 3.05) is 6.61 Å². The van der Waals surface area contributed by atoms with Crippen molar-refractivity contribution in [2.45, 2.75) is 37.5 Å². The van der Waals surface area contributed by atoms with Crippen molar-refractivity contribution in [2.24, 2.45) is 0 Å². The van der Waals surface area contributed by atoms with Crippen molar-refractivity contribution in [1.82, 2.24) is 4.98 Å². The van der Waals surface area contributed by atoms with Crippen molar-refractivity contribution in [3.05, 3.63) is 24.0 Å². The van der Waals surface area contributed by atoms with Gasteiger partial charge in [0.15, 0.2) is 0 Å². The van der Waals surface area contributed by atoms with Crippen LogP contribution in [0.4, 0.5) is 0 Å². The smallest absolute Gasteiger partial charge is 0.423 e. The van der Waals surface area contributed by atoms with Gasteiger partial charge in [-0.05, 0) is 18.9 Å². The lowest BCUT2D eigenvalue weighted by atomic mass is 9.71. The SMILES string of the molecule is OCC1(c2ccc(B(O)O)cn2)CCCCC1. The van der Waals surface area contributed by atoms with Gasteiger partial charge in [-0.1, -0.05) is 25.3 Å². The first kappa shape index (κ1) is 12.5. The van der Waals surface area contributed by atoms with E-state index in [1.165, 1.54) is 12.6 Å². The summed E-state index contributed by atoms with van der Waals surface area (Å²) in [6.07, 6.45) is 6.84. The molecule has 0 radical (unpaired) electrons. The molecule has 5 heteroatoms. The molecule has 0 unspecified atom stereocenters. The molecule has 0 bridgehead atoms. The standard InChI is InChI=1S/C12H18BNO3/c15-9-12(6-2-1-3-7-12)11-5-4-10(8-14-11)13(16)17/h4-5,8,15-17H,1-3,6-7,9H2. The summed E-state index contributed by atoms with van der Waals surface area (Å²) in [5.74, 6) is 0. The zero-order chi connectivity index (χ0) is 12.3. The molecule has 0 spiro atoms. The number of hydrogen-bond acceptors (Lipinski definition) is 4. The van der Waals surface area contributed by atoms with Crippen molar-refractivity contribution < 1.29 is 15.2 Å². The van der Waals surface area contributed by atoms with Crippen LogP contribution in [0.15, 0.2) is 18.3 Å². The van der Waals surface area contributed by atoms with Crippen LogP contribution < -0.4 is 5.46 Å². The second-order valence-corrected chi connectivity index (χ2v) is 4.85. The maximum absolute atomic E-state index is 9.63. The number of rotatable bonds is 3. The molecule has 1 aromatic heterocycles. The maximum Gasteiger partial charge on any atom is 0.490 e. The van der Waals surface area contributed by atoms with Crippen LogP contribution in [-0.4, -0.2) is 33.9 Å². The van der Waals surface area contributed by atoms with Gasteiger partial charge in [0.05, 0.1) is 6.61 Å². The minimum Gasteiger partial charge on any atom is -0.423 e. The van der Waals surface area contributed by atoms with Gasteiger partial charge in [-0.25, -0.2) is 0 Å². The van der Waals surface area contributed by atoms with Crippen molar-refractivity contribution in [3.63, 3.8) is 0 Å². The molecular formula is C12H18BNO3. The Hall–Kier alpha value is -0.905. The van der Waals surface area contributed by atoms with E-state index in [2.05, 4.69) is 4.98 Å². The van der Waals surface area contributed by atoms with E-state index in [1.807, 2.05) is 0 Å². The van der Waals surface area contributed by atoms with Crippen LogP contribution in [0.3, 0.4) is 0 Å². The molecule has 17 heavy (non-hydrogen) atoms. The first-order chi connectivity index (χ1) is 8.18. The van der Waals surface area contributed by atoms with E-state index in [1.54, 1.807) is 12.1 Å². The molecule has 1 saturated carbocycles. The molecular weight excluding hydrogens is 217 g/mol. The lowest BCUT2D eigenvalue weighted by Gasteiger charge is -2.35. The van der Waals surface area contributed by atoms with Gasteiger partial charge >= 0.3 is 7.12 Å². The average molecular weight is 235 g/mol. The van der Waals surface area contributed by atoms with Gasteiger partial charge in [0.2, 0.25) is 0 Å². The predicted octanol–water partition coefficient (Wildman–Crippen LogP) is -0.0444. The largest absolute Gasteiger partial charge is 0.490 e. The predicted molar refractivity (Wildman–Crippen MR) is 65.9 cm³/mol. The van der Waals surface area contributed by atoms with Crippen LogP contribution in [0.5, 0.6) is 0 Å². The maximum atomic E-state index is 9.63. The molecule has 1 aromatic rings. The van der Waals surface area contributed by atoms with Crippen LogP contribution in [0.2, 0.25) is 0 Å². The van der Waals surface area contributed by atoms with E-state index in [-0.39, 0.29) is 12.0 Å². The van der Waals surface area contributed by atoms with E-state index in [4.69, 9.17) is 10.0 Å². The number of pyridine rings is 1. The molecule has 92 valence electrons. The van der Waals surface area contributed by atoms with Gasteiger partial charge in [-0.15, -0.1) is 0 Å². The second kappa shape index (κ2) is 5.17. The van der Waals surface area contributed by atoms with Crippen LogP contribution in [-0.2, 0) is 5.41 Å². The summed E-state index contributed by atoms with van der Waals surface area (Å²) < 4.78 is 0. The molecule has 2 rings (SSSR count). The molecule has 0 atom stereocenters. The van der Waals surface area contributed by atoms with Crippen LogP contribution >= 0.6 is 0 Å². The van der Waals surface area contributed by atoms with Crippen LogP contribution in [0.1, 0.15) is 37.8 Å². The summed E-state index contributed by atoms with van der Waals surface area (Å²) in [6.45, 7) is 0.112. The van der Waals surface area contributed by atoms with E-state index in [0.29, 0.717) is 5.46 Å². The van der Waals surface area contributed by atoms with Gasteiger partial charge in [0, 0.05) is 22.8 Å². The number of aliphatic hydroxyl groups excluding tert-OH is 1. The molecule has 0 saturated heterocycles. The molecule has 3 N–H and O–H groups in total. The van der Waals surface area contributed by atoms with Crippen LogP contribution in [0, 0.1) is 0 Å². The molecule has 1 heterocycles. The van der Waals surface area contributed by atoms with Gasteiger partial charge < -0.3 is 15.2 Å². The fourth-order valence-corrected chi connectivity index (χ4v) is 2.60. The minimum atomic E-state index is -1.48. The van der Waals surface area contributed by atoms with Crippen molar-refractivity contribution in [3.8, 4) is 0 Å². The molecule has 0 amide bonds. The normalized spacial score (nSPS) is 19.0. The molecule has 0 aromatic carbocycles. The Bertz CT molecular complexity index is 361. The monoisotopic (exact) mass is 235 g/mol. The number of nitrogens with zero attached hydrogens (tertiary/aromatic N) is 1. The highest BCUT2D eigenvalue weighted by molar-refractivity contribution is 6.58. The fraction of sp³-hybridized carbons (Fsp3) is 0.583. The molecule has 1 aliphatic carbocycles. The molecule has 0 aliphatic heterocycles. The molecule has 4 nitrogen and oxygen atoms in total. The first-order valence-electron chi connectivity index (χ1n) is 6.11. The summed E-state index contributed by atoms with van der Waals surface area (Å²) >= 11 is 0. The quantitative estimate of drug-likeness (QED) is 0.642. The minimum absolute atomic E-state index is 0.112. The van der Waals surface area contributed by atoms with Crippen molar-refractivity contribution in [1.29, 1.82) is 0 Å². The summed E-state index contributed by atoms with van der Waals surface area (Å²) in [7, 11) is -1.48. The van der Waals surface area contributed by atoms with E-state index >= 15 is 0 Å². The van der Waals surface area contributed by atoms with Gasteiger partial charge in [-0.3, -0.25) is 4.98 Å². The average Bonchev–Trinajstić information content (AvgIpc) is 2.39. The molecule has 1 fully saturated rings. The third kappa shape index (κ3) is 2.51.